The maximum atomic E-state index is 11.9. The number of anilines is 1. The van der Waals surface area contributed by atoms with Crippen molar-refractivity contribution in [2.45, 2.75) is 33.4 Å². The normalized spacial score (nSPS) is 19.6. The summed E-state index contributed by atoms with van der Waals surface area (Å²) < 4.78 is 10.7. The van der Waals surface area contributed by atoms with E-state index in [1.807, 2.05) is 13.1 Å². The lowest BCUT2D eigenvalue weighted by Gasteiger charge is -2.35. The van der Waals surface area contributed by atoms with Crippen LogP contribution >= 0.6 is 24.0 Å². The van der Waals surface area contributed by atoms with Gasteiger partial charge in [-0.1, -0.05) is 6.07 Å². The molecule has 2 aliphatic heterocycles. The fourth-order valence-electron chi connectivity index (χ4n) is 3.63. The third kappa shape index (κ3) is 7.37. The number of halogens is 1. The Kier molecular flexibility index (Phi) is 10.6. The molecule has 1 N–H and O–H groups in total. The summed E-state index contributed by atoms with van der Waals surface area (Å²) in [7, 11) is 0. The van der Waals surface area contributed by atoms with Crippen molar-refractivity contribution in [1.82, 2.24) is 20.1 Å². The Hall–Kier alpha value is -1.82. The number of nitrogens with zero attached hydrogens (tertiary/aromatic N) is 5. The highest BCUT2D eigenvalue weighted by atomic mass is 127. The van der Waals surface area contributed by atoms with Gasteiger partial charge in [0.15, 0.2) is 5.96 Å². The standard InChI is InChI=1S/C21H34N6O3.HI/c1-4-22-20(25-8-10-26(11-9-25)21(28)29-5-2)24-15-18-6-7-19(23-14-18)27-12-13-30-17(3)16-27;/h6-7,14,17H,4-5,8-13,15-16H2,1-3H3,(H,22,24);1H. The molecule has 1 unspecified atom stereocenters. The Labute approximate surface area is 202 Å². The van der Waals surface area contributed by atoms with Gasteiger partial charge in [-0.05, 0) is 32.4 Å². The number of morpholine rings is 1. The molecule has 9 nitrogen and oxygen atoms in total. The van der Waals surface area contributed by atoms with Crippen molar-refractivity contribution in [1.29, 1.82) is 0 Å². The highest BCUT2D eigenvalue weighted by molar-refractivity contribution is 14.0. The van der Waals surface area contributed by atoms with Crippen LogP contribution in [0.5, 0.6) is 0 Å². The fourth-order valence-corrected chi connectivity index (χ4v) is 3.63. The number of carbonyl (C=O) groups is 1. The number of rotatable bonds is 5. The van der Waals surface area contributed by atoms with Gasteiger partial charge in [-0.15, -0.1) is 24.0 Å². The Morgan fingerprint density at radius 1 is 1.23 bits per heavy atom. The average molecular weight is 546 g/mol. The zero-order valence-electron chi connectivity index (χ0n) is 18.7. The molecule has 0 saturated carbocycles. The van der Waals surface area contributed by atoms with Gasteiger partial charge in [0.1, 0.15) is 5.82 Å². The van der Waals surface area contributed by atoms with E-state index in [2.05, 4.69) is 46.1 Å². The molecular formula is C21H35IN6O3. The molecule has 174 valence electrons. The van der Waals surface area contributed by atoms with E-state index in [4.69, 9.17) is 14.5 Å². The van der Waals surface area contributed by atoms with Crippen LogP contribution in [0.1, 0.15) is 26.3 Å². The Bertz CT molecular complexity index is 710. The van der Waals surface area contributed by atoms with Crippen LogP contribution in [0.4, 0.5) is 10.6 Å². The van der Waals surface area contributed by atoms with E-state index in [0.29, 0.717) is 26.2 Å². The van der Waals surface area contributed by atoms with Crippen LogP contribution < -0.4 is 10.2 Å². The molecule has 0 spiro atoms. The highest BCUT2D eigenvalue weighted by Gasteiger charge is 2.23. The predicted octanol–water partition coefficient (Wildman–Crippen LogP) is 2.16. The number of aliphatic imine (C=N–C) groups is 1. The summed E-state index contributed by atoms with van der Waals surface area (Å²) in [5, 5.41) is 3.36. The second kappa shape index (κ2) is 12.9. The smallest absolute Gasteiger partial charge is 0.409 e. The summed E-state index contributed by atoms with van der Waals surface area (Å²) in [5.74, 6) is 1.85. The monoisotopic (exact) mass is 546 g/mol. The molecule has 0 bridgehead atoms. The van der Waals surface area contributed by atoms with Crippen molar-refractivity contribution in [3.8, 4) is 0 Å². The molecule has 2 aliphatic rings. The first-order chi connectivity index (χ1) is 14.6. The lowest BCUT2D eigenvalue weighted by atomic mass is 10.2. The summed E-state index contributed by atoms with van der Waals surface area (Å²) in [6.45, 7) is 13.0. The molecule has 1 aromatic heterocycles. The largest absolute Gasteiger partial charge is 0.450 e. The van der Waals surface area contributed by atoms with Crippen LogP contribution in [0.25, 0.3) is 0 Å². The van der Waals surface area contributed by atoms with E-state index in [0.717, 1.165) is 56.7 Å². The summed E-state index contributed by atoms with van der Waals surface area (Å²) in [4.78, 5) is 27.5. The quantitative estimate of drug-likeness (QED) is 0.345. The lowest BCUT2D eigenvalue weighted by Crippen LogP contribution is -2.53. The van der Waals surface area contributed by atoms with Gasteiger partial charge in [-0.2, -0.15) is 0 Å². The van der Waals surface area contributed by atoms with E-state index in [1.54, 1.807) is 4.90 Å². The van der Waals surface area contributed by atoms with Crippen molar-refractivity contribution in [2.75, 3.05) is 63.9 Å². The first-order valence-corrected chi connectivity index (χ1v) is 10.9. The van der Waals surface area contributed by atoms with Gasteiger partial charge in [-0.25, -0.2) is 14.8 Å². The topological polar surface area (TPSA) is 82.5 Å². The summed E-state index contributed by atoms with van der Waals surface area (Å²) >= 11 is 0. The second-order valence-electron chi connectivity index (χ2n) is 7.50. The minimum absolute atomic E-state index is 0. The predicted molar refractivity (Wildman–Crippen MR) is 132 cm³/mol. The van der Waals surface area contributed by atoms with Crippen LogP contribution in [0.2, 0.25) is 0 Å². The average Bonchev–Trinajstić information content (AvgIpc) is 2.77. The first-order valence-electron chi connectivity index (χ1n) is 10.9. The molecule has 10 heteroatoms. The van der Waals surface area contributed by atoms with E-state index in [1.165, 1.54) is 0 Å². The van der Waals surface area contributed by atoms with Gasteiger partial charge in [0.25, 0.3) is 0 Å². The fraction of sp³-hybridized carbons (Fsp3) is 0.667. The summed E-state index contributed by atoms with van der Waals surface area (Å²) in [5.41, 5.74) is 1.07. The van der Waals surface area contributed by atoms with Crippen LogP contribution in [-0.4, -0.2) is 92.0 Å². The lowest BCUT2D eigenvalue weighted by molar-refractivity contribution is 0.0529. The summed E-state index contributed by atoms with van der Waals surface area (Å²) in [6.07, 6.45) is 1.90. The molecule has 1 aromatic rings. The minimum Gasteiger partial charge on any atom is -0.450 e. The second-order valence-corrected chi connectivity index (χ2v) is 7.50. The highest BCUT2D eigenvalue weighted by Crippen LogP contribution is 2.16. The van der Waals surface area contributed by atoms with Crippen LogP contribution in [0.3, 0.4) is 0 Å². The molecule has 2 fully saturated rings. The number of aromatic nitrogens is 1. The van der Waals surface area contributed by atoms with E-state index >= 15 is 0 Å². The van der Waals surface area contributed by atoms with Gasteiger partial charge in [0.2, 0.25) is 0 Å². The maximum absolute atomic E-state index is 11.9. The van der Waals surface area contributed by atoms with E-state index in [-0.39, 0.29) is 36.2 Å². The number of pyridine rings is 1. The zero-order chi connectivity index (χ0) is 21.3. The number of nitrogens with one attached hydrogen (secondary N) is 1. The molecule has 3 rings (SSSR count). The van der Waals surface area contributed by atoms with Gasteiger partial charge in [0.05, 0.1) is 25.9 Å². The first kappa shape index (κ1) is 25.4. The molecule has 1 atom stereocenters. The Morgan fingerprint density at radius 2 is 1.97 bits per heavy atom. The molecule has 0 aliphatic carbocycles. The molecule has 3 heterocycles. The van der Waals surface area contributed by atoms with E-state index < -0.39 is 0 Å². The van der Waals surface area contributed by atoms with Crippen molar-refractivity contribution in [3.63, 3.8) is 0 Å². The Balaban J connectivity index is 0.00000341. The van der Waals surface area contributed by atoms with E-state index in [9.17, 15) is 4.79 Å². The van der Waals surface area contributed by atoms with Crippen LogP contribution in [-0.2, 0) is 16.0 Å². The number of amides is 1. The number of hydrogen-bond acceptors (Lipinski definition) is 6. The van der Waals surface area contributed by atoms with Gasteiger partial charge >= 0.3 is 6.09 Å². The number of ether oxygens (including phenoxy) is 2. The van der Waals surface area contributed by atoms with Crippen molar-refractivity contribution < 1.29 is 14.3 Å². The van der Waals surface area contributed by atoms with Crippen LogP contribution in [0.15, 0.2) is 23.3 Å². The molecule has 2 saturated heterocycles. The Morgan fingerprint density at radius 3 is 2.58 bits per heavy atom. The van der Waals surface area contributed by atoms with Crippen LogP contribution in [0, 0.1) is 0 Å². The number of hydrogen-bond donors (Lipinski definition) is 1. The van der Waals surface area contributed by atoms with Gasteiger partial charge in [0, 0.05) is 52.0 Å². The molecule has 0 radical (unpaired) electrons. The number of piperazine rings is 1. The van der Waals surface area contributed by atoms with Crippen molar-refractivity contribution >= 4 is 41.8 Å². The van der Waals surface area contributed by atoms with Crippen molar-refractivity contribution in [3.05, 3.63) is 23.9 Å². The third-order valence-electron chi connectivity index (χ3n) is 5.23. The molecule has 31 heavy (non-hydrogen) atoms. The minimum atomic E-state index is -0.236. The van der Waals surface area contributed by atoms with Gasteiger partial charge < -0.3 is 29.5 Å². The SMILES string of the molecule is CCNC(=NCc1ccc(N2CCOC(C)C2)nc1)N1CCN(C(=O)OCC)CC1.I. The molecular weight excluding hydrogens is 511 g/mol. The third-order valence-corrected chi connectivity index (χ3v) is 5.23. The van der Waals surface area contributed by atoms with Crippen molar-refractivity contribution in [2.24, 2.45) is 4.99 Å². The summed E-state index contributed by atoms with van der Waals surface area (Å²) in [6, 6.07) is 4.15. The zero-order valence-corrected chi connectivity index (χ0v) is 21.1. The number of carbonyl (C=O) groups excluding carboxylic acids is 1. The number of guanidine groups is 1. The molecule has 0 aromatic carbocycles. The maximum Gasteiger partial charge on any atom is 0.409 e. The molecule has 1 amide bonds. The van der Waals surface area contributed by atoms with Gasteiger partial charge in [-0.3, -0.25) is 0 Å².